The molecule has 1 unspecified atom stereocenters. The minimum atomic E-state index is 0.156. The first kappa shape index (κ1) is 12.8. The monoisotopic (exact) mass is 249 g/mol. The summed E-state index contributed by atoms with van der Waals surface area (Å²) in [5, 5.41) is 2.18. The average molecular weight is 249 g/mol. The summed E-state index contributed by atoms with van der Waals surface area (Å²) >= 11 is 1.82. The molecule has 1 aromatic rings. The van der Waals surface area contributed by atoms with Crippen molar-refractivity contribution in [3.8, 4) is 0 Å². The summed E-state index contributed by atoms with van der Waals surface area (Å²) in [5.41, 5.74) is 9.36. The second-order valence-corrected chi connectivity index (χ2v) is 5.82. The Morgan fingerprint density at radius 2 is 2.12 bits per heavy atom. The van der Waals surface area contributed by atoms with Gasteiger partial charge in [0.25, 0.3) is 0 Å². The third-order valence-electron chi connectivity index (χ3n) is 3.67. The molecule has 2 rings (SSSR count). The molecular formula is C15H23NS. The van der Waals surface area contributed by atoms with E-state index in [1.807, 2.05) is 11.3 Å². The molecule has 0 saturated carbocycles. The van der Waals surface area contributed by atoms with Crippen LogP contribution < -0.4 is 5.73 Å². The molecule has 0 spiro atoms. The maximum absolute atomic E-state index is 6.45. The molecule has 0 fully saturated rings. The van der Waals surface area contributed by atoms with Crippen LogP contribution in [-0.4, -0.2) is 0 Å². The van der Waals surface area contributed by atoms with Crippen LogP contribution in [0.15, 0.2) is 23.1 Å². The molecule has 1 aliphatic carbocycles. The molecular weight excluding hydrogens is 226 g/mol. The lowest BCUT2D eigenvalue weighted by molar-refractivity contribution is 0.603. The van der Waals surface area contributed by atoms with Crippen LogP contribution in [-0.2, 0) is 6.42 Å². The van der Waals surface area contributed by atoms with Gasteiger partial charge in [-0.2, -0.15) is 0 Å². The third kappa shape index (κ3) is 3.20. The molecule has 1 atom stereocenters. The highest BCUT2D eigenvalue weighted by Crippen LogP contribution is 2.32. The van der Waals surface area contributed by atoms with Gasteiger partial charge in [0.05, 0.1) is 6.04 Å². The van der Waals surface area contributed by atoms with Crippen molar-refractivity contribution >= 4 is 11.3 Å². The fraction of sp³-hybridized carbons (Fsp3) is 0.600. The Morgan fingerprint density at radius 1 is 1.29 bits per heavy atom. The van der Waals surface area contributed by atoms with E-state index in [0.717, 1.165) is 6.42 Å². The summed E-state index contributed by atoms with van der Waals surface area (Å²) in [6, 6.07) is 2.38. The number of rotatable bonds is 3. The number of hydrogen-bond acceptors (Lipinski definition) is 2. The Balaban J connectivity index is 2.14. The second-order valence-electron chi connectivity index (χ2n) is 4.87. The fourth-order valence-electron chi connectivity index (χ4n) is 2.58. The van der Waals surface area contributed by atoms with Crippen LogP contribution in [0.2, 0.25) is 0 Å². The first-order chi connectivity index (χ1) is 8.33. The first-order valence-electron chi connectivity index (χ1n) is 6.83. The highest BCUT2D eigenvalue weighted by Gasteiger charge is 2.16. The molecule has 0 aromatic carbocycles. The Hall–Kier alpha value is -0.600. The van der Waals surface area contributed by atoms with Gasteiger partial charge in [-0.25, -0.2) is 0 Å². The smallest absolute Gasteiger partial charge is 0.0608 e. The van der Waals surface area contributed by atoms with Crippen molar-refractivity contribution in [2.75, 3.05) is 0 Å². The second kappa shape index (κ2) is 6.36. The normalized spacial score (nSPS) is 22.4. The van der Waals surface area contributed by atoms with Crippen LogP contribution in [0.25, 0.3) is 0 Å². The van der Waals surface area contributed by atoms with Gasteiger partial charge in [0.2, 0.25) is 0 Å². The summed E-state index contributed by atoms with van der Waals surface area (Å²) in [7, 11) is 0. The van der Waals surface area contributed by atoms with Crippen LogP contribution in [0.5, 0.6) is 0 Å². The van der Waals surface area contributed by atoms with Crippen molar-refractivity contribution in [1.82, 2.24) is 0 Å². The van der Waals surface area contributed by atoms with Gasteiger partial charge in [-0.1, -0.05) is 31.4 Å². The van der Waals surface area contributed by atoms with Gasteiger partial charge >= 0.3 is 0 Å². The fourth-order valence-corrected chi connectivity index (χ4v) is 3.62. The minimum absolute atomic E-state index is 0.156. The number of hydrogen-bond donors (Lipinski definition) is 1. The predicted molar refractivity (Wildman–Crippen MR) is 76.4 cm³/mol. The summed E-state index contributed by atoms with van der Waals surface area (Å²) in [6.07, 6.45) is 11.3. The number of thiophene rings is 1. The van der Waals surface area contributed by atoms with E-state index in [2.05, 4.69) is 24.4 Å². The summed E-state index contributed by atoms with van der Waals surface area (Å²) in [6.45, 7) is 2.21. The first-order valence-corrected chi connectivity index (χ1v) is 7.71. The van der Waals surface area contributed by atoms with E-state index in [4.69, 9.17) is 5.73 Å². The Kier molecular flexibility index (Phi) is 4.81. The SMILES string of the molecule is CCc1ccsc1C(N)/C1=C/CCCCCC1. The maximum atomic E-state index is 6.45. The van der Waals surface area contributed by atoms with Crippen molar-refractivity contribution in [2.45, 2.75) is 57.9 Å². The van der Waals surface area contributed by atoms with Crippen molar-refractivity contribution in [3.63, 3.8) is 0 Å². The standard InChI is InChI=1S/C15H23NS/c1-2-12-10-11-17-15(12)14(16)13-8-6-4-3-5-7-9-13/h8,10-11,14H,2-7,9,16H2,1H3/b13-8+. The van der Waals surface area contributed by atoms with Gasteiger partial charge in [0, 0.05) is 4.88 Å². The third-order valence-corrected chi connectivity index (χ3v) is 4.71. The Labute approximate surface area is 109 Å². The van der Waals surface area contributed by atoms with Crippen molar-refractivity contribution < 1.29 is 0 Å². The molecule has 0 saturated heterocycles. The molecule has 17 heavy (non-hydrogen) atoms. The van der Waals surface area contributed by atoms with Gasteiger partial charge in [0.15, 0.2) is 0 Å². The van der Waals surface area contributed by atoms with E-state index in [9.17, 15) is 0 Å². The molecule has 1 heterocycles. The van der Waals surface area contributed by atoms with E-state index < -0.39 is 0 Å². The lowest BCUT2D eigenvalue weighted by Crippen LogP contribution is -2.14. The molecule has 2 N–H and O–H groups in total. The molecule has 1 aliphatic rings. The molecule has 2 heteroatoms. The predicted octanol–water partition coefficient (Wildman–Crippen LogP) is 4.59. The van der Waals surface area contributed by atoms with Gasteiger partial charge in [-0.05, 0) is 49.1 Å². The maximum Gasteiger partial charge on any atom is 0.0608 e. The zero-order valence-corrected chi connectivity index (χ0v) is 11.6. The lowest BCUT2D eigenvalue weighted by Gasteiger charge is -2.18. The van der Waals surface area contributed by atoms with E-state index in [1.54, 1.807) is 0 Å². The number of aryl methyl sites for hydroxylation is 1. The van der Waals surface area contributed by atoms with Crippen LogP contribution in [0.1, 0.15) is 61.9 Å². The van der Waals surface area contributed by atoms with Crippen LogP contribution >= 0.6 is 11.3 Å². The van der Waals surface area contributed by atoms with E-state index in [0.29, 0.717) is 0 Å². The molecule has 1 nitrogen and oxygen atoms in total. The van der Waals surface area contributed by atoms with Crippen LogP contribution in [0.3, 0.4) is 0 Å². The topological polar surface area (TPSA) is 26.0 Å². The molecule has 0 radical (unpaired) electrons. The zero-order chi connectivity index (χ0) is 12.1. The quantitative estimate of drug-likeness (QED) is 0.779. The highest BCUT2D eigenvalue weighted by molar-refractivity contribution is 7.10. The van der Waals surface area contributed by atoms with E-state index in [1.165, 1.54) is 54.5 Å². The Bertz CT molecular complexity index is 378. The van der Waals surface area contributed by atoms with Gasteiger partial charge < -0.3 is 5.73 Å². The van der Waals surface area contributed by atoms with Crippen LogP contribution in [0.4, 0.5) is 0 Å². The van der Waals surface area contributed by atoms with Crippen LogP contribution in [0, 0.1) is 0 Å². The average Bonchev–Trinajstić information content (AvgIpc) is 2.75. The van der Waals surface area contributed by atoms with Crippen molar-refractivity contribution in [3.05, 3.63) is 33.5 Å². The summed E-state index contributed by atoms with van der Waals surface area (Å²) in [4.78, 5) is 1.39. The van der Waals surface area contributed by atoms with Gasteiger partial charge in [-0.3, -0.25) is 0 Å². The van der Waals surface area contributed by atoms with E-state index in [-0.39, 0.29) is 6.04 Å². The zero-order valence-electron chi connectivity index (χ0n) is 10.7. The summed E-state index contributed by atoms with van der Waals surface area (Å²) < 4.78 is 0. The molecule has 0 aliphatic heterocycles. The molecule has 94 valence electrons. The minimum Gasteiger partial charge on any atom is -0.320 e. The molecule has 1 aromatic heterocycles. The van der Waals surface area contributed by atoms with Gasteiger partial charge in [-0.15, -0.1) is 11.3 Å². The Morgan fingerprint density at radius 3 is 2.94 bits per heavy atom. The van der Waals surface area contributed by atoms with Gasteiger partial charge in [0.1, 0.15) is 0 Å². The lowest BCUT2D eigenvalue weighted by atomic mass is 9.93. The largest absolute Gasteiger partial charge is 0.320 e. The van der Waals surface area contributed by atoms with Crippen molar-refractivity contribution in [2.24, 2.45) is 5.73 Å². The van der Waals surface area contributed by atoms with Crippen molar-refractivity contribution in [1.29, 1.82) is 0 Å². The number of nitrogens with two attached hydrogens (primary N) is 1. The number of allylic oxidation sites excluding steroid dienone is 1. The molecule has 0 bridgehead atoms. The van der Waals surface area contributed by atoms with E-state index >= 15 is 0 Å². The highest BCUT2D eigenvalue weighted by atomic mass is 32.1. The summed E-state index contributed by atoms with van der Waals surface area (Å²) in [5.74, 6) is 0. The molecule has 0 amide bonds.